The summed E-state index contributed by atoms with van der Waals surface area (Å²) in [7, 11) is 0. The van der Waals surface area contributed by atoms with Gasteiger partial charge in [0.05, 0.1) is 16.2 Å². The molecule has 0 unspecified atom stereocenters. The van der Waals surface area contributed by atoms with Gasteiger partial charge in [-0.25, -0.2) is 9.37 Å². The molecule has 1 amide bonds. The molecule has 0 N–H and O–H groups in total. The van der Waals surface area contributed by atoms with Gasteiger partial charge in [-0.05, 0) is 43.2 Å². The maximum atomic E-state index is 14.4. The summed E-state index contributed by atoms with van der Waals surface area (Å²) in [4.78, 5) is 38.2. The summed E-state index contributed by atoms with van der Waals surface area (Å²) in [5, 5.41) is 0. The van der Waals surface area contributed by atoms with Gasteiger partial charge in [0, 0.05) is 38.9 Å². The van der Waals surface area contributed by atoms with Crippen LogP contribution >= 0.6 is 24.0 Å². The maximum Gasteiger partial charge on any atom is 0.267 e. The Hall–Kier alpha value is -3.24. The fourth-order valence-corrected chi connectivity index (χ4v) is 6.47. The van der Waals surface area contributed by atoms with Gasteiger partial charge >= 0.3 is 0 Å². The molecule has 1 aromatic carbocycles. The maximum absolute atomic E-state index is 14.4. The van der Waals surface area contributed by atoms with Crippen LogP contribution in [0.3, 0.4) is 0 Å². The molecule has 40 heavy (non-hydrogen) atoms. The molecule has 0 atom stereocenters. The zero-order chi connectivity index (χ0) is 28.2. The first-order valence-electron chi connectivity index (χ1n) is 13.9. The Bertz CT molecular complexity index is 1510. The number of unbranched alkanes of at least 4 members (excludes halogenated alkanes) is 4. The summed E-state index contributed by atoms with van der Waals surface area (Å²) < 4.78 is 16.5. The number of carbonyl (C=O) groups excluding carboxylic acids is 1. The van der Waals surface area contributed by atoms with Gasteiger partial charge in [-0.2, -0.15) is 0 Å². The Morgan fingerprint density at radius 3 is 2.48 bits per heavy atom. The van der Waals surface area contributed by atoms with Crippen molar-refractivity contribution in [2.24, 2.45) is 0 Å². The smallest absolute Gasteiger partial charge is 0.267 e. The van der Waals surface area contributed by atoms with Gasteiger partial charge in [0.1, 0.15) is 21.6 Å². The Labute approximate surface area is 243 Å². The van der Waals surface area contributed by atoms with Crippen molar-refractivity contribution in [2.45, 2.75) is 46.0 Å². The number of anilines is 2. The van der Waals surface area contributed by atoms with E-state index in [1.165, 1.54) is 35.1 Å². The Balaban J connectivity index is 1.44. The molecule has 3 aromatic rings. The highest BCUT2D eigenvalue weighted by molar-refractivity contribution is 8.26. The zero-order valence-electron chi connectivity index (χ0n) is 22.9. The topological polar surface area (TPSA) is 61.2 Å². The lowest BCUT2D eigenvalue weighted by molar-refractivity contribution is -0.122. The number of thioether (sulfide) groups is 1. The van der Waals surface area contributed by atoms with E-state index in [1.807, 2.05) is 30.0 Å². The number of nitrogens with zero attached hydrogens (tertiary/aromatic N) is 5. The van der Waals surface area contributed by atoms with Gasteiger partial charge in [0.25, 0.3) is 11.5 Å². The lowest BCUT2D eigenvalue weighted by Gasteiger charge is -2.37. The quantitative estimate of drug-likeness (QED) is 0.185. The van der Waals surface area contributed by atoms with Crippen molar-refractivity contribution in [3.05, 3.63) is 74.8 Å². The van der Waals surface area contributed by atoms with Crippen molar-refractivity contribution in [1.82, 2.24) is 14.3 Å². The van der Waals surface area contributed by atoms with Crippen molar-refractivity contribution in [1.29, 1.82) is 0 Å². The summed E-state index contributed by atoms with van der Waals surface area (Å²) in [6.07, 6.45) is 8.89. The van der Waals surface area contributed by atoms with Gasteiger partial charge in [0.2, 0.25) is 0 Å². The van der Waals surface area contributed by atoms with Crippen LogP contribution in [0.15, 0.2) is 52.3 Å². The molecule has 5 rings (SSSR count). The minimum Gasteiger partial charge on any atom is -0.366 e. The molecular weight excluding hydrogens is 545 g/mol. The third-order valence-corrected chi connectivity index (χ3v) is 8.77. The van der Waals surface area contributed by atoms with E-state index in [9.17, 15) is 14.0 Å². The predicted molar refractivity (Wildman–Crippen MR) is 166 cm³/mol. The van der Waals surface area contributed by atoms with Crippen LogP contribution in [0.25, 0.3) is 11.7 Å². The van der Waals surface area contributed by atoms with E-state index in [1.54, 1.807) is 29.3 Å². The number of hydrogen-bond donors (Lipinski definition) is 0. The first kappa shape index (κ1) is 28.3. The summed E-state index contributed by atoms with van der Waals surface area (Å²) in [6.45, 7) is 6.96. The Kier molecular flexibility index (Phi) is 8.85. The number of rotatable bonds is 9. The number of pyridine rings is 1. The van der Waals surface area contributed by atoms with Crippen LogP contribution in [0.5, 0.6) is 0 Å². The minimum atomic E-state index is -0.249. The molecule has 2 fully saturated rings. The Morgan fingerprint density at radius 1 is 1.00 bits per heavy atom. The van der Waals surface area contributed by atoms with Gasteiger partial charge in [-0.15, -0.1) is 0 Å². The molecule has 7 nitrogen and oxygen atoms in total. The first-order chi connectivity index (χ1) is 19.4. The van der Waals surface area contributed by atoms with E-state index in [0.29, 0.717) is 64.7 Å². The molecule has 2 aromatic heterocycles. The van der Waals surface area contributed by atoms with Crippen LogP contribution in [-0.2, 0) is 4.79 Å². The zero-order valence-corrected chi connectivity index (χ0v) is 24.6. The molecule has 2 aliphatic rings. The number of hydrogen-bond acceptors (Lipinski definition) is 7. The molecule has 0 radical (unpaired) electrons. The molecule has 2 saturated heterocycles. The van der Waals surface area contributed by atoms with Crippen molar-refractivity contribution in [2.75, 3.05) is 42.5 Å². The fraction of sp³-hybridized carbons (Fsp3) is 0.400. The monoisotopic (exact) mass is 579 g/mol. The normalized spacial score (nSPS) is 17.1. The van der Waals surface area contributed by atoms with Crippen LogP contribution in [0.2, 0.25) is 0 Å². The number of piperazine rings is 1. The molecule has 10 heteroatoms. The van der Waals surface area contributed by atoms with Crippen LogP contribution in [0, 0.1) is 12.7 Å². The highest BCUT2D eigenvalue weighted by Gasteiger charge is 2.33. The van der Waals surface area contributed by atoms with Gasteiger partial charge in [-0.1, -0.05) is 74.8 Å². The number of amides is 1. The Morgan fingerprint density at radius 2 is 1.73 bits per heavy atom. The predicted octanol–water partition coefficient (Wildman–Crippen LogP) is 5.64. The van der Waals surface area contributed by atoms with E-state index in [2.05, 4.69) is 11.8 Å². The van der Waals surface area contributed by atoms with Crippen LogP contribution in [-0.4, -0.2) is 57.2 Å². The lowest BCUT2D eigenvalue weighted by atomic mass is 10.1. The highest BCUT2D eigenvalue weighted by Crippen LogP contribution is 2.34. The van der Waals surface area contributed by atoms with E-state index in [4.69, 9.17) is 17.2 Å². The average molecular weight is 580 g/mol. The number of fused-ring (bicyclic) bond motifs is 1. The van der Waals surface area contributed by atoms with Crippen molar-refractivity contribution in [3.63, 3.8) is 0 Å². The van der Waals surface area contributed by atoms with Crippen molar-refractivity contribution < 1.29 is 9.18 Å². The molecule has 0 saturated carbocycles. The second kappa shape index (κ2) is 12.5. The number of carbonyl (C=O) groups is 1. The molecular formula is C30H34FN5O2S2. The van der Waals surface area contributed by atoms with Crippen LogP contribution in [0.1, 0.15) is 50.2 Å². The molecule has 2 aliphatic heterocycles. The molecule has 0 bridgehead atoms. The number of para-hydroxylation sites is 1. The number of halogens is 1. The fourth-order valence-electron chi connectivity index (χ4n) is 5.18. The molecule has 0 aliphatic carbocycles. The average Bonchev–Trinajstić information content (AvgIpc) is 3.22. The number of aromatic nitrogens is 2. The second-order valence-electron chi connectivity index (χ2n) is 10.3. The summed E-state index contributed by atoms with van der Waals surface area (Å²) in [6, 6.07) is 10.5. The summed E-state index contributed by atoms with van der Waals surface area (Å²) in [5.41, 5.74) is 2.18. The van der Waals surface area contributed by atoms with Crippen LogP contribution < -0.4 is 15.4 Å². The summed E-state index contributed by atoms with van der Waals surface area (Å²) in [5.74, 6) is 0.128. The van der Waals surface area contributed by atoms with E-state index >= 15 is 0 Å². The molecule has 4 heterocycles. The van der Waals surface area contributed by atoms with Crippen molar-refractivity contribution in [3.8, 4) is 0 Å². The SMILES string of the molecule is CCCCCCCN1C(=O)/C(=C\c2c(N3CCN(c4ccccc4F)CC3)nc3ccc(C)cn3c2=O)SC1=S. The number of aryl methyl sites for hydroxylation is 1. The van der Waals surface area contributed by atoms with E-state index in [-0.39, 0.29) is 17.3 Å². The third-order valence-electron chi connectivity index (χ3n) is 7.39. The van der Waals surface area contributed by atoms with E-state index in [0.717, 1.165) is 24.8 Å². The van der Waals surface area contributed by atoms with Crippen molar-refractivity contribution >= 4 is 57.4 Å². The standard InChI is InChI=1S/C30H34FN5O2S2/c1-3-4-5-6-9-14-35-29(38)25(40-30(35)39)19-22-27(32-26-13-12-21(2)20-36(26)28(22)37)34-17-15-33(16-18-34)24-11-8-7-10-23(24)31/h7-8,10-13,19-20H,3-6,9,14-18H2,1-2H3/b25-19+. The molecule has 0 spiro atoms. The van der Waals surface area contributed by atoms with Crippen LogP contribution in [0.4, 0.5) is 15.9 Å². The first-order valence-corrected chi connectivity index (χ1v) is 15.1. The third kappa shape index (κ3) is 5.93. The largest absolute Gasteiger partial charge is 0.366 e. The van der Waals surface area contributed by atoms with Gasteiger partial charge in [0.15, 0.2) is 0 Å². The van der Waals surface area contributed by atoms with E-state index < -0.39 is 0 Å². The van der Waals surface area contributed by atoms with Gasteiger partial charge < -0.3 is 9.80 Å². The summed E-state index contributed by atoms with van der Waals surface area (Å²) >= 11 is 6.79. The second-order valence-corrected chi connectivity index (χ2v) is 11.9. The molecule has 210 valence electrons. The highest BCUT2D eigenvalue weighted by atomic mass is 32.2. The number of thiocarbonyl (C=S) groups is 1. The van der Waals surface area contributed by atoms with Gasteiger partial charge in [-0.3, -0.25) is 18.9 Å². The minimum absolute atomic E-state index is 0.158. The number of benzene rings is 1. The lowest BCUT2D eigenvalue weighted by Crippen LogP contribution is -2.47.